The van der Waals surface area contributed by atoms with Crippen molar-refractivity contribution in [2.24, 2.45) is 0 Å². The van der Waals surface area contributed by atoms with E-state index in [4.69, 9.17) is 14.2 Å². The molecular weight excluding hydrogens is 414 g/mol. The standard InChI is InChI=1S/C28H35NO4/c1-27(2,3)20-9-7-8-19(16-20)26(30)33-22-12-13-28(14-15-29(4)25(28)18-22)21-10-11-23(31-5)24(17-21)32-6/h7-12,16-17,25H,13-15,18H2,1-6H3/t25-,28-/m0/s1. The maximum absolute atomic E-state index is 13.0. The third-order valence-corrected chi connectivity index (χ3v) is 7.32. The molecule has 0 bridgehead atoms. The topological polar surface area (TPSA) is 48.0 Å². The first-order valence-electron chi connectivity index (χ1n) is 11.6. The van der Waals surface area contributed by atoms with Crippen molar-refractivity contribution in [2.45, 2.75) is 56.9 Å². The van der Waals surface area contributed by atoms with E-state index in [9.17, 15) is 4.79 Å². The Balaban J connectivity index is 1.58. The van der Waals surface area contributed by atoms with E-state index in [-0.39, 0.29) is 22.8 Å². The Morgan fingerprint density at radius 3 is 2.52 bits per heavy atom. The monoisotopic (exact) mass is 449 g/mol. The number of nitrogens with zero attached hydrogens (tertiary/aromatic N) is 1. The molecule has 0 amide bonds. The zero-order valence-corrected chi connectivity index (χ0v) is 20.6. The van der Waals surface area contributed by atoms with E-state index in [1.54, 1.807) is 14.2 Å². The maximum atomic E-state index is 13.0. The van der Waals surface area contributed by atoms with Gasteiger partial charge in [-0.3, -0.25) is 0 Å². The lowest BCUT2D eigenvalue weighted by atomic mass is 9.68. The van der Waals surface area contributed by atoms with Crippen molar-refractivity contribution in [3.8, 4) is 11.5 Å². The predicted molar refractivity (Wildman–Crippen MR) is 130 cm³/mol. The van der Waals surface area contributed by atoms with Crippen molar-refractivity contribution < 1.29 is 19.0 Å². The van der Waals surface area contributed by atoms with Crippen LogP contribution in [0.15, 0.2) is 54.3 Å². The summed E-state index contributed by atoms with van der Waals surface area (Å²) in [4.78, 5) is 15.3. The molecule has 0 aromatic heterocycles. The number of ether oxygens (including phenoxy) is 3. The van der Waals surface area contributed by atoms with Gasteiger partial charge in [-0.05, 0) is 73.3 Å². The first kappa shape index (κ1) is 23.4. The number of esters is 1. The number of likely N-dealkylation sites (tertiary alicyclic amines) is 1. The van der Waals surface area contributed by atoms with Gasteiger partial charge in [0, 0.05) is 17.9 Å². The first-order chi connectivity index (χ1) is 15.7. The van der Waals surface area contributed by atoms with Crippen LogP contribution >= 0.6 is 0 Å². The molecule has 33 heavy (non-hydrogen) atoms. The average Bonchev–Trinajstić information content (AvgIpc) is 3.15. The van der Waals surface area contributed by atoms with E-state index < -0.39 is 0 Å². The normalized spacial score (nSPS) is 23.0. The molecule has 1 aliphatic carbocycles. The number of allylic oxidation sites excluding steroid dienone is 1. The predicted octanol–water partition coefficient (Wildman–Crippen LogP) is 5.48. The lowest BCUT2D eigenvalue weighted by Gasteiger charge is -2.40. The molecule has 2 aromatic rings. The van der Waals surface area contributed by atoms with Gasteiger partial charge >= 0.3 is 5.97 Å². The van der Waals surface area contributed by atoms with Gasteiger partial charge in [0.2, 0.25) is 0 Å². The Morgan fingerprint density at radius 1 is 1.06 bits per heavy atom. The Bertz CT molecular complexity index is 1070. The Labute approximate surface area is 197 Å². The van der Waals surface area contributed by atoms with E-state index in [0.717, 1.165) is 42.2 Å². The number of benzene rings is 2. The molecule has 1 saturated heterocycles. The van der Waals surface area contributed by atoms with Gasteiger partial charge in [0.1, 0.15) is 5.76 Å². The summed E-state index contributed by atoms with van der Waals surface area (Å²) in [6.45, 7) is 7.43. The minimum absolute atomic E-state index is 0.0218. The van der Waals surface area contributed by atoms with E-state index in [1.807, 2.05) is 24.3 Å². The number of carbonyl (C=O) groups excluding carboxylic acids is 1. The molecule has 0 radical (unpaired) electrons. The second-order valence-corrected chi connectivity index (χ2v) is 10.3. The molecule has 2 aliphatic rings. The summed E-state index contributed by atoms with van der Waals surface area (Å²) in [5, 5.41) is 0. The smallest absolute Gasteiger partial charge is 0.343 e. The summed E-state index contributed by atoms with van der Waals surface area (Å²) in [6.07, 6.45) is 4.69. The number of hydrogen-bond acceptors (Lipinski definition) is 5. The van der Waals surface area contributed by atoms with E-state index in [2.05, 4.69) is 57.0 Å². The third-order valence-electron chi connectivity index (χ3n) is 7.32. The lowest BCUT2D eigenvalue weighted by molar-refractivity contribution is 0.0579. The summed E-state index contributed by atoms with van der Waals surface area (Å²) in [5.74, 6) is 1.96. The summed E-state index contributed by atoms with van der Waals surface area (Å²) >= 11 is 0. The zero-order valence-electron chi connectivity index (χ0n) is 20.6. The highest BCUT2D eigenvalue weighted by atomic mass is 16.5. The van der Waals surface area contributed by atoms with Crippen LogP contribution in [0, 0.1) is 0 Å². The molecular formula is C28H35NO4. The molecule has 1 heterocycles. The van der Waals surface area contributed by atoms with Crippen molar-refractivity contribution in [1.29, 1.82) is 0 Å². The molecule has 176 valence electrons. The van der Waals surface area contributed by atoms with Crippen LogP contribution in [0.2, 0.25) is 0 Å². The fourth-order valence-electron chi connectivity index (χ4n) is 5.25. The highest BCUT2D eigenvalue weighted by Crippen LogP contribution is 2.49. The number of methoxy groups -OCH3 is 2. The maximum Gasteiger partial charge on any atom is 0.343 e. The van der Waals surface area contributed by atoms with Gasteiger partial charge in [0.05, 0.1) is 19.8 Å². The van der Waals surface area contributed by atoms with Crippen LogP contribution in [0.25, 0.3) is 0 Å². The first-order valence-corrected chi connectivity index (χ1v) is 11.6. The molecule has 2 aromatic carbocycles. The molecule has 0 spiro atoms. The molecule has 0 saturated carbocycles. The molecule has 0 unspecified atom stereocenters. The SMILES string of the molecule is COc1ccc([C@@]23CC=C(OC(=O)c4cccc(C(C)(C)C)c4)C[C@@H]2N(C)CC3)cc1OC. The fourth-order valence-corrected chi connectivity index (χ4v) is 5.25. The number of rotatable bonds is 5. The number of likely N-dealkylation sites (N-methyl/N-ethyl adjacent to an activating group) is 1. The van der Waals surface area contributed by atoms with Crippen LogP contribution in [0.1, 0.15) is 61.5 Å². The second kappa shape index (κ2) is 8.86. The quantitative estimate of drug-likeness (QED) is 0.566. The zero-order chi connectivity index (χ0) is 23.8. The Kier molecular flexibility index (Phi) is 6.28. The van der Waals surface area contributed by atoms with E-state index in [0.29, 0.717) is 12.0 Å². The Hall–Kier alpha value is -2.79. The highest BCUT2D eigenvalue weighted by molar-refractivity contribution is 5.90. The number of hydrogen-bond donors (Lipinski definition) is 0. The second-order valence-electron chi connectivity index (χ2n) is 10.3. The van der Waals surface area contributed by atoms with E-state index >= 15 is 0 Å². The molecule has 5 nitrogen and oxygen atoms in total. The molecule has 4 rings (SSSR count). The summed E-state index contributed by atoms with van der Waals surface area (Å²) in [5.41, 5.74) is 2.91. The van der Waals surface area contributed by atoms with Crippen LogP contribution in [-0.2, 0) is 15.6 Å². The van der Waals surface area contributed by atoms with Gasteiger partial charge < -0.3 is 19.1 Å². The molecule has 5 heteroatoms. The minimum Gasteiger partial charge on any atom is -0.493 e. The molecule has 1 fully saturated rings. The summed E-state index contributed by atoms with van der Waals surface area (Å²) in [7, 11) is 5.48. The van der Waals surface area contributed by atoms with Gasteiger partial charge in [0.25, 0.3) is 0 Å². The van der Waals surface area contributed by atoms with Crippen LogP contribution in [0.4, 0.5) is 0 Å². The fraction of sp³-hybridized carbons (Fsp3) is 0.464. The van der Waals surface area contributed by atoms with Gasteiger partial charge in [-0.15, -0.1) is 0 Å². The number of carbonyl (C=O) groups is 1. The van der Waals surface area contributed by atoms with Crippen molar-refractivity contribution in [2.75, 3.05) is 27.8 Å². The highest BCUT2D eigenvalue weighted by Gasteiger charge is 2.49. The van der Waals surface area contributed by atoms with E-state index in [1.165, 1.54) is 5.56 Å². The van der Waals surface area contributed by atoms with Crippen LogP contribution in [0.3, 0.4) is 0 Å². The number of fused-ring (bicyclic) bond motifs is 1. The van der Waals surface area contributed by atoms with Crippen LogP contribution in [-0.4, -0.2) is 44.7 Å². The average molecular weight is 450 g/mol. The van der Waals surface area contributed by atoms with Gasteiger partial charge in [-0.1, -0.05) is 39.0 Å². The largest absolute Gasteiger partial charge is 0.493 e. The van der Waals surface area contributed by atoms with Crippen molar-refractivity contribution >= 4 is 5.97 Å². The third kappa shape index (κ3) is 4.39. The van der Waals surface area contributed by atoms with Gasteiger partial charge in [-0.2, -0.15) is 0 Å². The lowest BCUT2D eigenvalue weighted by Crippen LogP contribution is -2.43. The van der Waals surface area contributed by atoms with Crippen molar-refractivity contribution in [3.63, 3.8) is 0 Å². The molecule has 0 N–H and O–H groups in total. The minimum atomic E-state index is -0.286. The Morgan fingerprint density at radius 2 is 1.82 bits per heavy atom. The van der Waals surface area contributed by atoms with Crippen LogP contribution < -0.4 is 9.47 Å². The van der Waals surface area contributed by atoms with Gasteiger partial charge in [0.15, 0.2) is 11.5 Å². The van der Waals surface area contributed by atoms with Crippen molar-refractivity contribution in [1.82, 2.24) is 4.90 Å². The van der Waals surface area contributed by atoms with Crippen molar-refractivity contribution in [3.05, 3.63) is 71.0 Å². The molecule has 1 aliphatic heterocycles. The summed E-state index contributed by atoms with van der Waals surface area (Å²) < 4.78 is 16.9. The molecule has 2 atom stereocenters. The van der Waals surface area contributed by atoms with Gasteiger partial charge in [-0.25, -0.2) is 4.79 Å². The van der Waals surface area contributed by atoms with Crippen LogP contribution in [0.5, 0.6) is 11.5 Å². The summed E-state index contributed by atoms with van der Waals surface area (Å²) in [6, 6.07) is 14.3.